The second kappa shape index (κ2) is 7.83. The normalized spacial score (nSPS) is 12.9. The van der Waals surface area contributed by atoms with Crippen LogP contribution in [-0.2, 0) is 30.0 Å². The number of amides is 1. The highest BCUT2D eigenvalue weighted by molar-refractivity contribution is 7.92. The Labute approximate surface area is 174 Å². The topological polar surface area (TPSA) is 102 Å². The van der Waals surface area contributed by atoms with Gasteiger partial charge in [-0.15, -0.1) is 0 Å². The van der Waals surface area contributed by atoms with Crippen molar-refractivity contribution in [1.82, 2.24) is 15.1 Å². The van der Waals surface area contributed by atoms with Crippen molar-refractivity contribution in [2.45, 2.75) is 24.8 Å². The lowest BCUT2D eigenvalue weighted by atomic mass is 10.1. The molecule has 9 heteroatoms. The van der Waals surface area contributed by atoms with Gasteiger partial charge in [-0.05, 0) is 48.4 Å². The van der Waals surface area contributed by atoms with Crippen LogP contribution < -0.4 is 14.8 Å². The highest BCUT2D eigenvalue weighted by atomic mass is 32.2. The Bertz CT molecular complexity index is 1220. The maximum absolute atomic E-state index is 12.9. The fourth-order valence-corrected chi connectivity index (χ4v) is 4.43. The molecule has 1 aromatic heterocycles. The van der Waals surface area contributed by atoms with Crippen LogP contribution in [0.5, 0.6) is 5.75 Å². The number of ether oxygens (including phenoxy) is 1. The van der Waals surface area contributed by atoms with Crippen molar-refractivity contribution in [3.63, 3.8) is 0 Å². The first-order chi connectivity index (χ1) is 14.3. The Hall–Kier alpha value is -3.33. The Morgan fingerprint density at radius 2 is 2.07 bits per heavy atom. The Morgan fingerprint density at radius 3 is 2.83 bits per heavy atom. The van der Waals surface area contributed by atoms with Gasteiger partial charge in [-0.2, -0.15) is 5.10 Å². The SMILES string of the molecule is Cc1ccc(C(=O)NCc2cnn(C)c2)cc1NS(=O)(=O)c1ccc2c(c1)CCO2. The number of carbonyl (C=O) groups is 1. The summed E-state index contributed by atoms with van der Waals surface area (Å²) in [5.41, 5.74) is 3.19. The van der Waals surface area contributed by atoms with Crippen LogP contribution in [0.25, 0.3) is 0 Å². The quantitative estimate of drug-likeness (QED) is 0.630. The predicted molar refractivity (Wildman–Crippen MR) is 112 cm³/mol. The van der Waals surface area contributed by atoms with Crippen LogP contribution in [0.3, 0.4) is 0 Å². The minimum absolute atomic E-state index is 0.164. The number of benzene rings is 2. The summed E-state index contributed by atoms with van der Waals surface area (Å²) in [5, 5.41) is 6.88. The molecule has 0 fully saturated rings. The van der Waals surface area contributed by atoms with Crippen LogP contribution in [0, 0.1) is 6.92 Å². The van der Waals surface area contributed by atoms with E-state index in [1.807, 2.05) is 6.20 Å². The number of anilines is 1. The lowest BCUT2D eigenvalue weighted by Crippen LogP contribution is -2.23. The number of hydrogen-bond acceptors (Lipinski definition) is 5. The van der Waals surface area contributed by atoms with Gasteiger partial charge in [-0.3, -0.25) is 14.2 Å². The molecule has 0 saturated carbocycles. The first kappa shape index (κ1) is 20.0. The predicted octanol–water partition coefficient (Wildman–Crippen LogP) is 2.39. The molecule has 0 atom stereocenters. The zero-order valence-corrected chi connectivity index (χ0v) is 17.5. The van der Waals surface area contributed by atoms with Gasteiger partial charge >= 0.3 is 0 Å². The number of fused-ring (bicyclic) bond motifs is 1. The molecule has 3 aromatic rings. The Balaban J connectivity index is 1.52. The van der Waals surface area contributed by atoms with Crippen LogP contribution in [0.4, 0.5) is 5.69 Å². The second-order valence-corrected chi connectivity index (χ2v) is 8.89. The molecule has 0 spiro atoms. The summed E-state index contributed by atoms with van der Waals surface area (Å²) in [7, 11) is -2.00. The molecular formula is C21H22N4O4S. The van der Waals surface area contributed by atoms with E-state index >= 15 is 0 Å². The van der Waals surface area contributed by atoms with Gasteiger partial charge < -0.3 is 10.1 Å². The molecule has 30 heavy (non-hydrogen) atoms. The number of sulfonamides is 1. The van der Waals surface area contributed by atoms with Gasteiger partial charge in [0.15, 0.2) is 0 Å². The number of aryl methyl sites for hydroxylation is 2. The van der Waals surface area contributed by atoms with Gasteiger partial charge in [0.25, 0.3) is 15.9 Å². The van der Waals surface area contributed by atoms with Crippen LogP contribution in [-0.4, -0.2) is 30.7 Å². The number of aromatic nitrogens is 2. The smallest absolute Gasteiger partial charge is 0.261 e. The number of hydrogen-bond donors (Lipinski definition) is 2. The van der Waals surface area contributed by atoms with E-state index in [4.69, 9.17) is 4.74 Å². The van der Waals surface area contributed by atoms with E-state index in [0.29, 0.717) is 36.4 Å². The van der Waals surface area contributed by atoms with Crippen molar-refractivity contribution >= 4 is 21.6 Å². The summed E-state index contributed by atoms with van der Waals surface area (Å²) in [6.45, 7) is 2.67. The van der Waals surface area contributed by atoms with E-state index in [0.717, 1.165) is 16.9 Å². The zero-order valence-electron chi connectivity index (χ0n) is 16.7. The largest absolute Gasteiger partial charge is 0.493 e. The monoisotopic (exact) mass is 426 g/mol. The molecule has 8 nitrogen and oxygen atoms in total. The third kappa shape index (κ3) is 4.16. The van der Waals surface area contributed by atoms with Crippen molar-refractivity contribution in [2.75, 3.05) is 11.3 Å². The van der Waals surface area contributed by atoms with Crippen molar-refractivity contribution in [1.29, 1.82) is 0 Å². The maximum atomic E-state index is 12.9. The number of carbonyl (C=O) groups excluding carboxylic acids is 1. The molecule has 2 aromatic carbocycles. The molecule has 2 N–H and O–H groups in total. The molecule has 0 bridgehead atoms. The standard InChI is InChI=1S/C21H22N4O4S/c1-14-3-4-17(21(26)22-11-15-12-23-25(2)13-15)10-19(14)24-30(27,28)18-5-6-20-16(9-18)7-8-29-20/h3-6,9-10,12-13,24H,7-8,11H2,1-2H3,(H,22,26). The third-order valence-corrected chi connectivity index (χ3v) is 6.29. The van der Waals surface area contributed by atoms with Crippen LogP contribution in [0.2, 0.25) is 0 Å². The fraction of sp³-hybridized carbons (Fsp3) is 0.238. The molecule has 4 rings (SSSR count). The van der Waals surface area contributed by atoms with E-state index in [1.165, 1.54) is 6.07 Å². The molecule has 156 valence electrons. The lowest BCUT2D eigenvalue weighted by Gasteiger charge is -2.13. The molecule has 0 aliphatic carbocycles. The van der Waals surface area contributed by atoms with E-state index in [-0.39, 0.29) is 10.8 Å². The summed E-state index contributed by atoms with van der Waals surface area (Å²) in [6.07, 6.45) is 4.18. The molecule has 0 saturated heterocycles. The summed E-state index contributed by atoms with van der Waals surface area (Å²) in [5.74, 6) is 0.423. The Kier molecular flexibility index (Phi) is 5.21. The lowest BCUT2D eigenvalue weighted by molar-refractivity contribution is 0.0951. The molecule has 1 aliphatic heterocycles. The van der Waals surface area contributed by atoms with Gasteiger partial charge in [0, 0.05) is 37.3 Å². The van der Waals surface area contributed by atoms with Crippen molar-refractivity contribution < 1.29 is 17.9 Å². The summed E-state index contributed by atoms with van der Waals surface area (Å²) >= 11 is 0. The van der Waals surface area contributed by atoms with Crippen LogP contribution in [0.1, 0.15) is 27.0 Å². The molecule has 1 aliphatic rings. The molecule has 1 amide bonds. The first-order valence-electron chi connectivity index (χ1n) is 9.47. The van der Waals surface area contributed by atoms with E-state index in [9.17, 15) is 13.2 Å². The molecule has 0 radical (unpaired) electrons. The highest BCUT2D eigenvalue weighted by Gasteiger charge is 2.20. The summed E-state index contributed by atoms with van der Waals surface area (Å²) < 4.78 is 35.5. The van der Waals surface area contributed by atoms with Gasteiger partial charge in [0.2, 0.25) is 0 Å². The van der Waals surface area contributed by atoms with Gasteiger partial charge in [-0.25, -0.2) is 8.42 Å². The van der Waals surface area contributed by atoms with Gasteiger partial charge in [-0.1, -0.05) is 6.07 Å². The average molecular weight is 426 g/mol. The summed E-state index contributed by atoms with van der Waals surface area (Å²) in [4.78, 5) is 12.7. The van der Waals surface area contributed by atoms with Crippen LogP contribution >= 0.6 is 0 Å². The summed E-state index contributed by atoms with van der Waals surface area (Å²) in [6, 6.07) is 9.75. The van der Waals surface area contributed by atoms with Crippen LogP contribution in [0.15, 0.2) is 53.7 Å². The molecule has 2 heterocycles. The van der Waals surface area contributed by atoms with Crippen molar-refractivity contribution in [3.05, 3.63) is 71.0 Å². The van der Waals surface area contributed by atoms with Gasteiger partial charge in [0.05, 0.1) is 23.4 Å². The fourth-order valence-electron chi connectivity index (χ4n) is 3.25. The average Bonchev–Trinajstić information content (AvgIpc) is 3.35. The number of nitrogens with zero attached hydrogens (tertiary/aromatic N) is 2. The minimum atomic E-state index is -3.80. The van der Waals surface area contributed by atoms with Crippen molar-refractivity contribution in [2.24, 2.45) is 7.05 Å². The maximum Gasteiger partial charge on any atom is 0.261 e. The Morgan fingerprint density at radius 1 is 1.23 bits per heavy atom. The third-order valence-electron chi connectivity index (χ3n) is 4.93. The van der Waals surface area contributed by atoms with E-state index in [1.54, 1.807) is 55.2 Å². The first-order valence-corrected chi connectivity index (χ1v) is 10.9. The van der Waals surface area contributed by atoms with Gasteiger partial charge in [0.1, 0.15) is 5.75 Å². The number of nitrogens with one attached hydrogen (secondary N) is 2. The second-order valence-electron chi connectivity index (χ2n) is 7.21. The number of rotatable bonds is 6. The van der Waals surface area contributed by atoms with Crippen molar-refractivity contribution in [3.8, 4) is 5.75 Å². The zero-order chi connectivity index (χ0) is 21.3. The molecular weight excluding hydrogens is 404 g/mol. The van der Waals surface area contributed by atoms with E-state index < -0.39 is 10.0 Å². The van der Waals surface area contributed by atoms with E-state index in [2.05, 4.69) is 15.1 Å². The highest BCUT2D eigenvalue weighted by Crippen LogP contribution is 2.29. The minimum Gasteiger partial charge on any atom is -0.493 e. The molecule has 0 unspecified atom stereocenters.